The molecule has 2 aliphatic heterocycles. The van der Waals surface area contributed by atoms with Crippen molar-refractivity contribution in [2.75, 3.05) is 36.5 Å². The van der Waals surface area contributed by atoms with Crippen molar-refractivity contribution in [2.45, 2.75) is 31.9 Å². The van der Waals surface area contributed by atoms with Crippen molar-refractivity contribution in [3.05, 3.63) is 24.3 Å². The Morgan fingerprint density at radius 2 is 1.96 bits per heavy atom. The fourth-order valence-electron chi connectivity index (χ4n) is 2.92. The average molecular weight is 361 g/mol. The summed E-state index contributed by atoms with van der Waals surface area (Å²) in [5, 5.41) is 5.26. The smallest absolute Gasteiger partial charge is 0.329 e. The molecule has 0 aliphatic carbocycles. The van der Waals surface area contributed by atoms with E-state index in [2.05, 4.69) is 15.5 Å². The lowest BCUT2D eigenvalue weighted by Gasteiger charge is -2.29. The lowest BCUT2D eigenvalue weighted by atomic mass is 10.2. The van der Waals surface area contributed by atoms with Crippen LogP contribution in [0.2, 0.25) is 0 Å². The monoisotopic (exact) mass is 361 g/mol. The Kier molecular flexibility index (Phi) is 5.72. The second kappa shape index (κ2) is 8.18. The Bertz CT molecular complexity index is 670. The number of carbonyl (C=O) groups excluding carboxylic acids is 3. The van der Waals surface area contributed by atoms with Crippen LogP contribution in [0.15, 0.2) is 24.3 Å². The zero-order valence-electron chi connectivity index (χ0n) is 14.7. The number of morpholine rings is 1. The minimum absolute atomic E-state index is 0.176. The molecule has 0 aromatic heterocycles. The van der Waals surface area contributed by atoms with Gasteiger partial charge >= 0.3 is 5.97 Å². The van der Waals surface area contributed by atoms with Gasteiger partial charge in [0.05, 0.1) is 13.2 Å². The van der Waals surface area contributed by atoms with Crippen molar-refractivity contribution in [3.8, 4) is 0 Å². The van der Waals surface area contributed by atoms with Gasteiger partial charge in [-0.1, -0.05) is 0 Å². The molecule has 8 nitrogen and oxygen atoms in total. The molecule has 0 spiro atoms. The molecular formula is C18H23N3O5. The molecular weight excluding hydrogens is 338 g/mol. The number of benzene rings is 1. The van der Waals surface area contributed by atoms with E-state index in [0.717, 1.165) is 18.8 Å². The summed E-state index contributed by atoms with van der Waals surface area (Å²) in [7, 11) is 0. The highest BCUT2D eigenvalue weighted by Gasteiger charge is 2.30. The molecule has 1 aromatic carbocycles. The summed E-state index contributed by atoms with van der Waals surface area (Å²) in [5.41, 5.74) is 1.70. The number of carbonyl (C=O) groups is 3. The van der Waals surface area contributed by atoms with Gasteiger partial charge in [0.25, 0.3) is 5.91 Å². The van der Waals surface area contributed by atoms with E-state index in [-0.39, 0.29) is 5.91 Å². The van der Waals surface area contributed by atoms with Crippen molar-refractivity contribution >= 4 is 29.2 Å². The zero-order valence-corrected chi connectivity index (χ0v) is 14.7. The number of anilines is 2. The summed E-state index contributed by atoms with van der Waals surface area (Å²) in [6, 6.07) is 6.84. The van der Waals surface area contributed by atoms with Crippen LogP contribution in [-0.4, -0.2) is 56.2 Å². The number of ether oxygens (including phenoxy) is 2. The fraction of sp³-hybridized carbons (Fsp3) is 0.500. The lowest BCUT2D eigenvalue weighted by molar-refractivity contribution is -0.155. The molecule has 1 aromatic rings. The normalized spacial score (nSPS) is 21.0. The van der Waals surface area contributed by atoms with E-state index in [4.69, 9.17) is 9.47 Å². The van der Waals surface area contributed by atoms with E-state index >= 15 is 0 Å². The van der Waals surface area contributed by atoms with Crippen molar-refractivity contribution in [1.29, 1.82) is 0 Å². The standard InChI is InChI=1S/C18H23N3O5/c1-12(26-18(24)15-6-7-16(22)20-15)17(23)19-13-2-4-14(5-3-13)21-8-10-25-11-9-21/h2-5,12,15H,6-11H2,1H3,(H,19,23)(H,20,22)/t12-,15+/m1/s1. The van der Waals surface area contributed by atoms with E-state index in [1.54, 1.807) is 0 Å². The van der Waals surface area contributed by atoms with Gasteiger partial charge in [0.2, 0.25) is 5.91 Å². The molecule has 2 aliphatic rings. The summed E-state index contributed by atoms with van der Waals surface area (Å²) in [4.78, 5) is 37.5. The molecule has 2 fully saturated rings. The molecule has 0 unspecified atom stereocenters. The Morgan fingerprint density at radius 3 is 2.58 bits per heavy atom. The average Bonchev–Trinajstić information content (AvgIpc) is 3.09. The molecule has 140 valence electrons. The van der Waals surface area contributed by atoms with Crippen molar-refractivity contribution in [2.24, 2.45) is 0 Å². The highest BCUT2D eigenvalue weighted by Crippen LogP contribution is 2.19. The second-order valence-corrected chi connectivity index (χ2v) is 6.37. The maximum absolute atomic E-state index is 12.2. The molecule has 8 heteroatoms. The summed E-state index contributed by atoms with van der Waals surface area (Å²) in [5.74, 6) is -1.17. The maximum atomic E-state index is 12.2. The number of nitrogens with zero attached hydrogens (tertiary/aromatic N) is 1. The first-order chi connectivity index (χ1) is 12.5. The Labute approximate surface area is 151 Å². The van der Waals surface area contributed by atoms with Crippen LogP contribution in [-0.2, 0) is 23.9 Å². The Balaban J connectivity index is 1.50. The minimum atomic E-state index is -0.945. The lowest BCUT2D eigenvalue weighted by Crippen LogP contribution is -2.39. The van der Waals surface area contributed by atoms with E-state index in [0.29, 0.717) is 31.7 Å². The Morgan fingerprint density at radius 1 is 1.27 bits per heavy atom. The second-order valence-electron chi connectivity index (χ2n) is 6.37. The molecule has 2 heterocycles. The van der Waals surface area contributed by atoms with Gasteiger partial charge in [-0.25, -0.2) is 4.79 Å². The molecule has 2 saturated heterocycles. The van der Waals surface area contributed by atoms with Crippen LogP contribution < -0.4 is 15.5 Å². The van der Waals surface area contributed by atoms with Gasteiger partial charge in [0.15, 0.2) is 6.10 Å². The first kappa shape index (κ1) is 18.2. The molecule has 26 heavy (non-hydrogen) atoms. The van der Waals surface area contributed by atoms with Gasteiger partial charge in [-0.2, -0.15) is 0 Å². The van der Waals surface area contributed by atoms with Crippen LogP contribution >= 0.6 is 0 Å². The molecule has 0 saturated carbocycles. The molecule has 3 rings (SSSR count). The fourth-order valence-corrected chi connectivity index (χ4v) is 2.92. The highest BCUT2D eigenvalue weighted by atomic mass is 16.5. The number of hydrogen-bond donors (Lipinski definition) is 2. The first-order valence-corrected chi connectivity index (χ1v) is 8.76. The van der Waals surface area contributed by atoms with Gasteiger partial charge < -0.3 is 25.0 Å². The predicted molar refractivity (Wildman–Crippen MR) is 94.8 cm³/mol. The third-order valence-electron chi connectivity index (χ3n) is 4.45. The highest BCUT2D eigenvalue weighted by molar-refractivity contribution is 5.96. The number of amides is 2. The summed E-state index contributed by atoms with van der Waals surface area (Å²) in [6.07, 6.45) is -0.246. The van der Waals surface area contributed by atoms with Crippen LogP contribution in [0.3, 0.4) is 0 Å². The van der Waals surface area contributed by atoms with Crippen LogP contribution in [0, 0.1) is 0 Å². The summed E-state index contributed by atoms with van der Waals surface area (Å²) < 4.78 is 10.5. The van der Waals surface area contributed by atoms with Gasteiger partial charge in [0.1, 0.15) is 6.04 Å². The summed E-state index contributed by atoms with van der Waals surface area (Å²) in [6.45, 7) is 4.62. The van der Waals surface area contributed by atoms with Gasteiger partial charge in [-0.15, -0.1) is 0 Å². The molecule has 2 amide bonds. The third kappa shape index (κ3) is 4.51. The number of esters is 1. The SMILES string of the molecule is C[C@@H](OC(=O)[C@@H]1CCC(=O)N1)C(=O)Nc1ccc(N2CCOCC2)cc1. The molecule has 0 radical (unpaired) electrons. The van der Waals surface area contributed by atoms with Crippen LogP contribution in [0.1, 0.15) is 19.8 Å². The largest absolute Gasteiger partial charge is 0.451 e. The third-order valence-corrected chi connectivity index (χ3v) is 4.45. The van der Waals surface area contributed by atoms with Crippen molar-refractivity contribution in [3.63, 3.8) is 0 Å². The quantitative estimate of drug-likeness (QED) is 0.749. The van der Waals surface area contributed by atoms with Gasteiger partial charge in [0, 0.05) is 30.9 Å². The number of nitrogens with one attached hydrogen (secondary N) is 2. The minimum Gasteiger partial charge on any atom is -0.451 e. The van der Waals surface area contributed by atoms with Crippen LogP contribution in [0.25, 0.3) is 0 Å². The number of hydrogen-bond acceptors (Lipinski definition) is 6. The molecule has 2 atom stereocenters. The van der Waals surface area contributed by atoms with E-state index < -0.39 is 24.0 Å². The Hall–Kier alpha value is -2.61. The topological polar surface area (TPSA) is 97.0 Å². The maximum Gasteiger partial charge on any atom is 0.329 e. The summed E-state index contributed by atoms with van der Waals surface area (Å²) >= 11 is 0. The van der Waals surface area contributed by atoms with E-state index in [1.165, 1.54) is 6.92 Å². The number of rotatable bonds is 5. The molecule has 2 N–H and O–H groups in total. The molecule has 0 bridgehead atoms. The predicted octanol–water partition coefficient (Wildman–Crippen LogP) is 0.672. The van der Waals surface area contributed by atoms with Crippen molar-refractivity contribution < 1.29 is 23.9 Å². The van der Waals surface area contributed by atoms with Gasteiger partial charge in [-0.3, -0.25) is 9.59 Å². The van der Waals surface area contributed by atoms with Crippen LogP contribution in [0.4, 0.5) is 11.4 Å². The first-order valence-electron chi connectivity index (χ1n) is 8.76. The zero-order chi connectivity index (χ0) is 18.5. The van der Waals surface area contributed by atoms with Crippen LogP contribution in [0.5, 0.6) is 0 Å². The van der Waals surface area contributed by atoms with E-state index in [1.807, 2.05) is 24.3 Å². The van der Waals surface area contributed by atoms with E-state index in [9.17, 15) is 14.4 Å². The van der Waals surface area contributed by atoms with Gasteiger partial charge in [-0.05, 0) is 37.6 Å². The van der Waals surface area contributed by atoms with Crippen molar-refractivity contribution in [1.82, 2.24) is 5.32 Å².